The highest BCUT2D eigenvalue weighted by Gasteiger charge is 2.26. The first-order valence-corrected chi connectivity index (χ1v) is 8.29. The Balaban J connectivity index is 1.71. The zero-order valence-electron chi connectivity index (χ0n) is 13.8. The van der Waals surface area contributed by atoms with Crippen molar-refractivity contribution in [2.45, 2.75) is 18.9 Å². The zero-order valence-corrected chi connectivity index (χ0v) is 14.5. The van der Waals surface area contributed by atoms with Gasteiger partial charge >= 0.3 is 0 Å². The maximum atomic E-state index is 6.09. The van der Waals surface area contributed by atoms with Crippen LogP contribution < -0.4 is 20.9 Å². The summed E-state index contributed by atoms with van der Waals surface area (Å²) in [5.41, 5.74) is 0.711. The summed E-state index contributed by atoms with van der Waals surface area (Å²) in [5.74, 6) is 2.47. The van der Waals surface area contributed by atoms with Gasteiger partial charge in [-0.1, -0.05) is 11.6 Å². The van der Waals surface area contributed by atoms with Crippen LogP contribution >= 0.6 is 11.6 Å². The number of anilines is 4. The first kappa shape index (κ1) is 16.5. The lowest BCUT2D eigenvalue weighted by molar-refractivity contribution is 0.689. The molecule has 1 aliphatic heterocycles. The minimum Gasteiger partial charge on any atom is -0.383 e. The van der Waals surface area contributed by atoms with E-state index >= 15 is 0 Å². The monoisotopic (exact) mass is 348 g/mol. The van der Waals surface area contributed by atoms with Crippen molar-refractivity contribution < 1.29 is 0 Å². The molecule has 0 saturated carbocycles. The maximum absolute atomic E-state index is 6.09. The van der Waals surface area contributed by atoms with Crippen LogP contribution in [0, 0.1) is 0 Å². The Morgan fingerprint density at radius 1 is 1.17 bits per heavy atom. The second-order valence-corrected chi connectivity index (χ2v) is 5.88. The van der Waals surface area contributed by atoms with E-state index < -0.39 is 0 Å². The number of rotatable bonds is 6. The summed E-state index contributed by atoms with van der Waals surface area (Å²) >= 11 is 6.09. The molecule has 0 radical (unpaired) electrons. The van der Waals surface area contributed by atoms with Gasteiger partial charge < -0.3 is 20.9 Å². The smallest absolute Gasteiger partial charge is 0.157 e. The Morgan fingerprint density at radius 2 is 2.00 bits per heavy atom. The van der Waals surface area contributed by atoms with Gasteiger partial charge in [0, 0.05) is 39.3 Å². The molecule has 24 heavy (non-hydrogen) atoms. The minimum atomic E-state index is 0.336. The molecule has 3 rings (SSSR count). The van der Waals surface area contributed by atoms with E-state index in [1.165, 1.54) is 6.33 Å². The van der Waals surface area contributed by atoms with E-state index in [-0.39, 0.29) is 0 Å². The number of halogens is 1. The van der Waals surface area contributed by atoms with E-state index in [2.05, 4.69) is 40.8 Å². The summed E-state index contributed by atoms with van der Waals surface area (Å²) in [4.78, 5) is 19.2. The molecule has 1 saturated heterocycles. The average Bonchev–Trinajstić information content (AvgIpc) is 3.08. The fourth-order valence-corrected chi connectivity index (χ4v) is 3.15. The summed E-state index contributed by atoms with van der Waals surface area (Å²) in [6, 6.07) is 2.31. The molecule has 1 aliphatic rings. The van der Waals surface area contributed by atoms with Gasteiger partial charge in [0.1, 0.15) is 30.0 Å². The summed E-state index contributed by atoms with van der Waals surface area (Å²) in [5, 5.41) is 9.87. The van der Waals surface area contributed by atoms with Crippen molar-refractivity contribution >= 4 is 34.7 Å². The predicted molar refractivity (Wildman–Crippen MR) is 97.0 cm³/mol. The second-order valence-electron chi connectivity index (χ2n) is 5.52. The van der Waals surface area contributed by atoms with Crippen molar-refractivity contribution in [3.63, 3.8) is 0 Å². The Labute approximate surface area is 146 Å². The van der Waals surface area contributed by atoms with Gasteiger partial charge in [0.2, 0.25) is 0 Å². The van der Waals surface area contributed by atoms with Gasteiger partial charge in [0.15, 0.2) is 11.0 Å². The topological polar surface area (TPSA) is 90.9 Å². The van der Waals surface area contributed by atoms with Gasteiger partial charge in [-0.2, -0.15) is 0 Å². The molecule has 9 heteroatoms. The molecule has 2 aromatic rings. The molecule has 3 heterocycles. The highest BCUT2D eigenvalue weighted by molar-refractivity contribution is 6.32. The lowest BCUT2D eigenvalue weighted by Gasteiger charge is -2.26. The summed E-state index contributed by atoms with van der Waals surface area (Å²) in [6.45, 7) is 1.73. The summed E-state index contributed by atoms with van der Waals surface area (Å²) < 4.78 is 0. The van der Waals surface area contributed by atoms with Gasteiger partial charge in [-0.15, -0.1) is 0 Å². The van der Waals surface area contributed by atoms with Crippen molar-refractivity contribution in [3.8, 4) is 0 Å². The molecule has 0 spiro atoms. The zero-order chi connectivity index (χ0) is 16.9. The van der Waals surface area contributed by atoms with Crippen molar-refractivity contribution in [1.82, 2.24) is 19.9 Å². The fraction of sp³-hybridized carbons (Fsp3) is 0.467. The molecular formula is C15H21ClN8. The third-order valence-electron chi connectivity index (χ3n) is 4.14. The first-order valence-electron chi connectivity index (χ1n) is 7.91. The van der Waals surface area contributed by atoms with Crippen LogP contribution in [0.2, 0.25) is 5.15 Å². The van der Waals surface area contributed by atoms with Crippen LogP contribution in [0.15, 0.2) is 18.7 Å². The Kier molecular flexibility index (Phi) is 5.14. The van der Waals surface area contributed by atoms with E-state index in [4.69, 9.17) is 11.6 Å². The standard InChI is InChI=1S/C15H21ClN8/c1-17-11-6-12(21-8-20-11)24-5-3-4-10(24)7-19-15-13(18-2)14(16)22-9-23-15/h6,8-10,18H,3-5,7H2,1-2H3,(H,17,20,21)(H,19,22,23). The summed E-state index contributed by atoms with van der Waals surface area (Å²) in [7, 11) is 3.66. The molecule has 8 nitrogen and oxygen atoms in total. The lowest BCUT2D eigenvalue weighted by Crippen LogP contribution is -2.35. The van der Waals surface area contributed by atoms with Gasteiger partial charge in [-0.3, -0.25) is 0 Å². The van der Waals surface area contributed by atoms with Crippen LogP contribution in [-0.2, 0) is 0 Å². The normalized spacial score (nSPS) is 17.0. The minimum absolute atomic E-state index is 0.336. The highest BCUT2D eigenvalue weighted by Crippen LogP contribution is 2.28. The van der Waals surface area contributed by atoms with Gasteiger partial charge in [-0.25, -0.2) is 19.9 Å². The van der Waals surface area contributed by atoms with Crippen LogP contribution in [-0.4, -0.2) is 53.2 Å². The van der Waals surface area contributed by atoms with Crippen molar-refractivity contribution in [1.29, 1.82) is 0 Å². The molecule has 0 aromatic carbocycles. The molecule has 0 amide bonds. The lowest BCUT2D eigenvalue weighted by atomic mass is 10.2. The quantitative estimate of drug-likeness (QED) is 0.683. The second kappa shape index (κ2) is 7.48. The molecular weight excluding hydrogens is 328 g/mol. The Hall–Kier alpha value is -2.35. The molecule has 1 fully saturated rings. The van der Waals surface area contributed by atoms with E-state index in [0.29, 0.717) is 22.7 Å². The van der Waals surface area contributed by atoms with Gasteiger partial charge in [0.05, 0.1) is 0 Å². The van der Waals surface area contributed by atoms with E-state index in [9.17, 15) is 0 Å². The largest absolute Gasteiger partial charge is 0.383 e. The predicted octanol–water partition coefficient (Wildman–Crippen LogP) is 2.08. The number of nitrogens with zero attached hydrogens (tertiary/aromatic N) is 5. The number of nitrogens with one attached hydrogen (secondary N) is 3. The van der Waals surface area contributed by atoms with E-state index in [1.54, 1.807) is 13.4 Å². The van der Waals surface area contributed by atoms with E-state index in [0.717, 1.165) is 37.6 Å². The fourth-order valence-electron chi connectivity index (χ4n) is 2.92. The third-order valence-corrected chi connectivity index (χ3v) is 4.42. The average molecular weight is 349 g/mol. The molecule has 3 N–H and O–H groups in total. The summed E-state index contributed by atoms with van der Waals surface area (Å²) in [6.07, 6.45) is 5.28. The van der Waals surface area contributed by atoms with Crippen LogP contribution in [0.25, 0.3) is 0 Å². The SMILES string of the molecule is CNc1cc(N2CCCC2CNc2ncnc(Cl)c2NC)ncn1. The van der Waals surface area contributed by atoms with Gasteiger partial charge in [0.25, 0.3) is 0 Å². The van der Waals surface area contributed by atoms with Crippen molar-refractivity contribution in [2.75, 3.05) is 48.0 Å². The molecule has 128 valence electrons. The number of hydrogen-bond donors (Lipinski definition) is 3. The van der Waals surface area contributed by atoms with Crippen LogP contribution in [0.4, 0.5) is 23.1 Å². The molecule has 1 unspecified atom stereocenters. The Morgan fingerprint density at radius 3 is 2.79 bits per heavy atom. The van der Waals surface area contributed by atoms with Gasteiger partial charge in [-0.05, 0) is 12.8 Å². The number of aromatic nitrogens is 4. The first-order chi connectivity index (χ1) is 11.7. The van der Waals surface area contributed by atoms with Crippen molar-refractivity contribution in [2.24, 2.45) is 0 Å². The molecule has 0 bridgehead atoms. The third kappa shape index (κ3) is 3.43. The van der Waals surface area contributed by atoms with Crippen molar-refractivity contribution in [3.05, 3.63) is 23.9 Å². The molecule has 1 atom stereocenters. The molecule has 0 aliphatic carbocycles. The Bertz CT molecular complexity index is 695. The number of hydrogen-bond acceptors (Lipinski definition) is 8. The van der Waals surface area contributed by atoms with E-state index in [1.807, 2.05) is 13.1 Å². The van der Waals surface area contributed by atoms with Crippen LogP contribution in [0.1, 0.15) is 12.8 Å². The molecule has 2 aromatic heterocycles. The van der Waals surface area contributed by atoms with Crippen LogP contribution in [0.3, 0.4) is 0 Å². The van der Waals surface area contributed by atoms with Crippen LogP contribution in [0.5, 0.6) is 0 Å². The highest BCUT2D eigenvalue weighted by atomic mass is 35.5. The maximum Gasteiger partial charge on any atom is 0.157 e.